The van der Waals surface area contributed by atoms with Gasteiger partial charge in [-0.2, -0.15) is 0 Å². The van der Waals surface area contributed by atoms with Gasteiger partial charge in [0.05, 0.1) is 0 Å². The van der Waals surface area contributed by atoms with Crippen LogP contribution in [-0.2, 0) is 22.6 Å². The molecule has 2 aromatic rings. The normalized spacial score (nSPS) is 11.6. The summed E-state index contributed by atoms with van der Waals surface area (Å²) in [4.78, 5) is 26.3. The van der Waals surface area contributed by atoms with Gasteiger partial charge in [0.15, 0.2) is 0 Å². The maximum Gasteiger partial charge on any atom is 0.242 e. The summed E-state index contributed by atoms with van der Waals surface area (Å²) in [5, 5.41) is 2.58. The standard InChI is InChI=1S/C20H23FN2O2/c1-15(20(25)22-2)23(14-17-8-11-18(21)12-9-17)19(24)13-10-16-6-4-3-5-7-16/h3-9,11-12,15H,10,13-14H2,1-2H3,(H,22,25)/t15-/m0/s1. The molecular formula is C20H23FN2O2. The van der Waals surface area contributed by atoms with Crippen molar-refractivity contribution in [2.45, 2.75) is 32.4 Å². The van der Waals surface area contributed by atoms with Crippen LogP contribution in [0.2, 0.25) is 0 Å². The van der Waals surface area contributed by atoms with Crippen LogP contribution in [0.4, 0.5) is 4.39 Å². The van der Waals surface area contributed by atoms with Gasteiger partial charge in [0.1, 0.15) is 11.9 Å². The molecular weight excluding hydrogens is 319 g/mol. The third-order valence-electron chi connectivity index (χ3n) is 4.15. The number of halogens is 1. The minimum atomic E-state index is -0.599. The Morgan fingerprint density at radius 1 is 1.04 bits per heavy atom. The Hall–Kier alpha value is -2.69. The summed E-state index contributed by atoms with van der Waals surface area (Å²) in [5.41, 5.74) is 1.86. The molecule has 1 atom stereocenters. The average molecular weight is 342 g/mol. The van der Waals surface area contributed by atoms with Crippen LogP contribution in [-0.4, -0.2) is 29.8 Å². The van der Waals surface area contributed by atoms with Crippen molar-refractivity contribution in [2.75, 3.05) is 7.05 Å². The summed E-state index contributed by atoms with van der Waals surface area (Å²) in [6.07, 6.45) is 0.923. The van der Waals surface area contributed by atoms with Gasteiger partial charge in [-0.1, -0.05) is 42.5 Å². The quantitative estimate of drug-likeness (QED) is 0.841. The highest BCUT2D eigenvalue weighted by Crippen LogP contribution is 2.13. The van der Waals surface area contributed by atoms with Gasteiger partial charge >= 0.3 is 0 Å². The number of carbonyl (C=O) groups is 2. The van der Waals surface area contributed by atoms with Crippen LogP contribution in [0.5, 0.6) is 0 Å². The largest absolute Gasteiger partial charge is 0.357 e. The van der Waals surface area contributed by atoms with Crippen molar-refractivity contribution in [1.82, 2.24) is 10.2 Å². The molecule has 5 heteroatoms. The lowest BCUT2D eigenvalue weighted by Gasteiger charge is -2.28. The van der Waals surface area contributed by atoms with Gasteiger partial charge in [-0.3, -0.25) is 9.59 Å². The lowest BCUT2D eigenvalue weighted by molar-refractivity contribution is -0.140. The van der Waals surface area contributed by atoms with E-state index in [0.29, 0.717) is 12.8 Å². The second kappa shape index (κ2) is 8.97. The maximum absolute atomic E-state index is 13.1. The Morgan fingerprint density at radius 3 is 2.28 bits per heavy atom. The monoisotopic (exact) mass is 342 g/mol. The Balaban J connectivity index is 2.10. The zero-order valence-corrected chi connectivity index (χ0v) is 14.5. The number of nitrogens with zero attached hydrogens (tertiary/aromatic N) is 1. The van der Waals surface area contributed by atoms with Gasteiger partial charge in [-0.15, -0.1) is 0 Å². The molecule has 1 N–H and O–H groups in total. The highest BCUT2D eigenvalue weighted by Gasteiger charge is 2.25. The molecule has 0 aliphatic heterocycles. The summed E-state index contributed by atoms with van der Waals surface area (Å²) >= 11 is 0. The molecule has 0 aliphatic rings. The van der Waals surface area contributed by atoms with Crippen LogP contribution in [0.25, 0.3) is 0 Å². The van der Waals surface area contributed by atoms with Crippen LogP contribution in [0, 0.1) is 5.82 Å². The molecule has 2 amide bonds. The number of carbonyl (C=O) groups excluding carboxylic acids is 2. The minimum Gasteiger partial charge on any atom is -0.357 e. The van der Waals surface area contributed by atoms with Crippen LogP contribution in [0.1, 0.15) is 24.5 Å². The van der Waals surface area contributed by atoms with Crippen LogP contribution in [0.15, 0.2) is 54.6 Å². The molecule has 25 heavy (non-hydrogen) atoms. The van der Waals surface area contributed by atoms with E-state index in [0.717, 1.165) is 11.1 Å². The van der Waals surface area contributed by atoms with Gasteiger partial charge in [-0.05, 0) is 36.6 Å². The second-order valence-corrected chi connectivity index (χ2v) is 5.92. The van der Waals surface area contributed by atoms with Crippen LogP contribution in [0.3, 0.4) is 0 Å². The SMILES string of the molecule is CNC(=O)[C@H](C)N(Cc1ccc(F)cc1)C(=O)CCc1ccccc1. The summed E-state index contributed by atoms with van der Waals surface area (Å²) < 4.78 is 13.1. The van der Waals surface area contributed by atoms with Crippen molar-refractivity contribution in [3.63, 3.8) is 0 Å². The lowest BCUT2D eigenvalue weighted by atomic mass is 10.1. The molecule has 2 aromatic carbocycles. The van der Waals surface area contributed by atoms with Gasteiger partial charge < -0.3 is 10.2 Å². The maximum atomic E-state index is 13.1. The molecule has 4 nitrogen and oxygen atoms in total. The topological polar surface area (TPSA) is 49.4 Å². The van der Waals surface area contributed by atoms with Crippen molar-refractivity contribution >= 4 is 11.8 Å². The van der Waals surface area contributed by atoms with Gasteiger partial charge in [0.2, 0.25) is 11.8 Å². The van der Waals surface area contributed by atoms with Crippen molar-refractivity contribution in [2.24, 2.45) is 0 Å². The highest BCUT2D eigenvalue weighted by molar-refractivity contribution is 5.87. The minimum absolute atomic E-state index is 0.107. The third kappa shape index (κ3) is 5.41. The van der Waals surface area contributed by atoms with Gasteiger partial charge in [0, 0.05) is 20.0 Å². The number of benzene rings is 2. The fraction of sp³-hybridized carbons (Fsp3) is 0.300. The number of amides is 2. The smallest absolute Gasteiger partial charge is 0.242 e. The van der Waals surface area contributed by atoms with Gasteiger partial charge in [-0.25, -0.2) is 4.39 Å². The zero-order valence-electron chi connectivity index (χ0n) is 14.5. The first-order valence-electron chi connectivity index (χ1n) is 8.30. The van der Waals surface area contributed by atoms with Crippen molar-refractivity contribution in [1.29, 1.82) is 0 Å². The molecule has 0 bridgehead atoms. The number of hydrogen-bond acceptors (Lipinski definition) is 2. The van der Waals surface area contributed by atoms with E-state index in [2.05, 4.69) is 5.32 Å². The van der Waals surface area contributed by atoms with E-state index in [1.165, 1.54) is 17.0 Å². The third-order valence-corrected chi connectivity index (χ3v) is 4.15. The average Bonchev–Trinajstić information content (AvgIpc) is 2.65. The Kier molecular flexibility index (Phi) is 6.69. The summed E-state index contributed by atoms with van der Waals surface area (Å²) in [6, 6.07) is 15.1. The second-order valence-electron chi connectivity index (χ2n) is 5.92. The molecule has 0 saturated heterocycles. The van der Waals surface area contributed by atoms with E-state index in [4.69, 9.17) is 0 Å². The molecule has 0 unspecified atom stereocenters. The number of hydrogen-bond donors (Lipinski definition) is 1. The molecule has 0 radical (unpaired) electrons. The number of likely N-dealkylation sites (N-methyl/N-ethyl adjacent to an activating group) is 1. The van der Waals surface area contributed by atoms with Crippen LogP contribution >= 0.6 is 0 Å². The van der Waals surface area contributed by atoms with E-state index in [1.54, 1.807) is 26.1 Å². The van der Waals surface area contributed by atoms with E-state index in [1.807, 2.05) is 30.3 Å². The predicted octanol–water partition coefficient (Wildman–Crippen LogP) is 2.92. The lowest BCUT2D eigenvalue weighted by Crippen LogP contribution is -2.46. The summed E-state index contributed by atoms with van der Waals surface area (Å²) in [6.45, 7) is 1.96. The molecule has 0 saturated carbocycles. The fourth-order valence-electron chi connectivity index (χ4n) is 2.62. The summed E-state index contributed by atoms with van der Waals surface area (Å²) in [5.74, 6) is -0.662. The van der Waals surface area contributed by atoms with Crippen molar-refractivity contribution < 1.29 is 14.0 Å². The molecule has 0 aromatic heterocycles. The van der Waals surface area contributed by atoms with Crippen LogP contribution < -0.4 is 5.32 Å². The zero-order chi connectivity index (χ0) is 18.2. The van der Waals surface area contributed by atoms with E-state index >= 15 is 0 Å². The Morgan fingerprint density at radius 2 is 1.68 bits per heavy atom. The number of aryl methyl sites for hydroxylation is 1. The number of nitrogens with one attached hydrogen (secondary N) is 1. The Bertz CT molecular complexity index is 701. The molecule has 2 rings (SSSR count). The van der Waals surface area contributed by atoms with Crippen molar-refractivity contribution in [3.05, 3.63) is 71.5 Å². The predicted molar refractivity (Wildman–Crippen MR) is 95.2 cm³/mol. The molecule has 0 aliphatic carbocycles. The van der Waals surface area contributed by atoms with E-state index < -0.39 is 6.04 Å². The summed E-state index contributed by atoms with van der Waals surface area (Å²) in [7, 11) is 1.54. The van der Waals surface area contributed by atoms with Crippen molar-refractivity contribution in [3.8, 4) is 0 Å². The van der Waals surface area contributed by atoms with E-state index in [9.17, 15) is 14.0 Å². The Labute approximate surface area is 147 Å². The fourth-order valence-corrected chi connectivity index (χ4v) is 2.62. The first-order chi connectivity index (χ1) is 12.0. The number of rotatable bonds is 7. The van der Waals surface area contributed by atoms with E-state index in [-0.39, 0.29) is 24.2 Å². The molecule has 0 spiro atoms. The highest BCUT2D eigenvalue weighted by atomic mass is 19.1. The molecule has 0 heterocycles. The molecule has 132 valence electrons. The molecule has 0 fully saturated rings. The first-order valence-corrected chi connectivity index (χ1v) is 8.30. The van der Waals surface area contributed by atoms with Gasteiger partial charge in [0.25, 0.3) is 0 Å². The first kappa shape index (κ1) is 18.6.